The summed E-state index contributed by atoms with van der Waals surface area (Å²) in [7, 11) is -1.76. The zero-order chi connectivity index (χ0) is 19.5. The predicted molar refractivity (Wildman–Crippen MR) is 92.1 cm³/mol. The molecular weight excluding hydrogens is 359 g/mol. The molecule has 0 aromatic rings. The number of halogens is 3. The van der Waals surface area contributed by atoms with Gasteiger partial charge < -0.3 is 10.2 Å². The van der Waals surface area contributed by atoms with Crippen LogP contribution in [0.3, 0.4) is 0 Å². The van der Waals surface area contributed by atoms with Crippen molar-refractivity contribution in [3.63, 3.8) is 0 Å². The smallest absolute Gasteiger partial charge is 0.354 e. The fourth-order valence-electron chi connectivity index (χ4n) is 2.70. The van der Waals surface area contributed by atoms with Crippen LogP contribution in [0, 0.1) is 0 Å². The number of hydrogen-bond donors (Lipinski definition) is 2. The lowest BCUT2D eigenvalue weighted by Crippen LogP contribution is -2.58. The minimum absolute atomic E-state index is 0.284. The molecule has 1 aliphatic rings. The maximum Gasteiger partial charge on any atom is 0.403 e. The molecule has 0 bridgehead atoms. The van der Waals surface area contributed by atoms with Gasteiger partial charge in [-0.15, -0.1) is 0 Å². The van der Waals surface area contributed by atoms with Gasteiger partial charge in [-0.3, -0.25) is 9.89 Å². The van der Waals surface area contributed by atoms with Gasteiger partial charge in [0.05, 0.1) is 6.26 Å². The monoisotopic (exact) mass is 387 g/mol. The van der Waals surface area contributed by atoms with E-state index in [1.807, 2.05) is 4.90 Å². The second-order valence-corrected chi connectivity index (χ2v) is 8.65. The van der Waals surface area contributed by atoms with E-state index in [1.54, 1.807) is 20.9 Å². The number of sulfonamides is 1. The van der Waals surface area contributed by atoms with Gasteiger partial charge in [0.1, 0.15) is 6.04 Å². The molecule has 1 aliphatic heterocycles. The lowest BCUT2D eigenvalue weighted by Gasteiger charge is -2.40. The number of aliphatic imine (C=N–C) groups is 1. The van der Waals surface area contributed by atoms with E-state index in [2.05, 4.69) is 15.0 Å². The van der Waals surface area contributed by atoms with Crippen LogP contribution in [0.2, 0.25) is 0 Å². The minimum atomic E-state index is -4.23. The van der Waals surface area contributed by atoms with Crippen molar-refractivity contribution in [3.05, 3.63) is 0 Å². The first-order valence-electron chi connectivity index (χ1n) is 8.00. The van der Waals surface area contributed by atoms with Crippen molar-refractivity contribution in [3.8, 4) is 0 Å². The fourth-order valence-corrected chi connectivity index (χ4v) is 3.77. The van der Waals surface area contributed by atoms with Crippen molar-refractivity contribution in [2.75, 3.05) is 46.0 Å². The molecule has 0 radical (unpaired) electrons. The summed E-state index contributed by atoms with van der Waals surface area (Å²) in [5, 5.41) is 3.08. The fraction of sp³-hybridized carbons (Fsp3) is 0.929. The van der Waals surface area contributed by atoms with Crippen molar-refractivity contribution in [1.29, 1.82) is 0 Å². The maximum atomic E-state index is 12.8. The Labute approximate surface area is 147 Å². The molecule has 7 nitrogen and oxygen atoms in total. The second-order valence-electron chi connectivity index (χ2n) is 6.90. The summed E-state index contributed by atoms with van der Waals surface area (Å²) < 4.78 is 63.6. The summed E-state index contributed by atoms with van der Waals surface area (Å²) in [4.78, 5) is 7.42. The molecule has 1 fully saturated rings. The first kappa shape index (κ1) is 22.0. The highest BCUT2D eigenvalue weighted by Gasteiger charge is 2.41. The van der Waals surface area contributed by atoms with Crippen LogP contribution in [0.25, 0.3) is 0 Å². The Morgan fingerprint density at radius 3 is 2.12 bits per heavy atom. The average Bonchev–Trinajstić information content (AvgIpc) is 2.44. The molecule has 0 aliphatic carbocycles. The normalized spacial score (nSPS) is 19.8. The average molecular weight is 387 g/mol. The number of alkyl halides is 3. The minimum Gasteiger partial charge on any atom is -0.354 e. The maximum absolute atomic E-state index is 12.8. The van der Waals surface area contributed by atoms with Gasteiger partial charge in [0.2, 0.25) is 10.0 Å². The highest BCUT2D eigenvalue weighted by atomic mass is 32.2. The zero-order valence-corrected chi connectivity index (χ0v) is 16.1. The van der Waals surface area contributed by atoms with Crippen molar-refractivity contribution >= 4 is 16.0 Å². The molecule has 148 valence electrons. The first-order valence-corrected chi connectivity index (χ1v) is 9.89. The van der Waals surface area contributed by atoms with E-state index < -0.39 is 27.8 Å². The Morgan fingerprint density at radius 2 is 1.72 bits per heavy atom. The molecule has 1 rings (SSSR count). The van der Waals surface area contributed by atoms with E-state index in [0.29, 0.717) is 25.6 Å². The van der Waals surface area contributed by atoms with Gasteiger partial charge in [0.15, 0.2) is 5.96 Å². The molecule has 0 spiro atoms. The van der Waals surface area contributed by atoms with Crippen LogP contribution in [-0.2, 0) is 10.0 Å². The van der Waals surface area contributed by atoms with Gasteiger partial charge >= 0.3 is 6.18 Å². The Hall–Kier alpha value is -1.07. The van der Waals surface area contributed by atoms with Crippen LogP contribution in [0.1, 0.15) is 20.8 Å². The summed E-state index contributed by atoms with van der Waals surface area (Å²) >= 11 is 0. The lowest BCUT2D eigenvalue weighted by molar-refractivity contribution is -0.181. The number of nitrogens with one attached hydrogen (secondary N) is 2. The second kappa shape index (κ2) is 8.09. The van der Waals surface area contributed by atoms with E-state index in [-0.39, 0.29) is 13.1 Å². The molecule has 2 N–H and O–H groups in total. The van der Waals surface area contributed by atoms with Crippen molar-refractivity contribution in [2.24, 2.45) is 4.99 Å². The molecular formula is C14H28F3N5O2S. The molecule has 0 amide bonds. The summed E-state index contributed by atoms with van der Waals surface area (Å²) in [5.41, 5.74) is -0.726. The molecule has 1 unspecified atom stereocenters. The summed E-state index contributed by atoms with van der Waals surface area (Å²) in [6, 6.07) is -1.47. The Bertz CT molecular complexity index is 570. The molecule has 1 heterocycles. The SMILES string of the molecule is CN=C(NCC(C)(C)NS(C)(=O)=O)N1CCN(C(C)C(F)(F)F)CC1. The van der Waals surface area contributed by atoms with Gasteiger partial charge in [-0.2, -0.15) is 13.2 Å². The van der Waals surface area contributed by atoms with Gasteiger partial charge in [-0.05, 0) is 20.8 Å². The number of nitrogens with zero attached hydrogens (tertiary/aromatic N) is 3. The summed E-state index contributed by atoms with van der Waals surface area (Å²) in [5.74, 6) is 0.544. The number of rotatable bonds is 5. The number of guanidine groups is 1. The van der Waals surface area contributed by atoms with Gasteiger partial charge in [-0.25, -0.2) is 13.1 Å². The highest BCUT2D eigenvalue weighted by molar-refractivity contribution is 7.88. The van der Waals surface area contributed by atoms with E-state index in [0.717, 1.165) is 6.26 Å². The molecule has 25 heavy (non-hydrogen) atoms. The topological polar surface area (TPSA) is 77.0 Å². The third-order valence-corrected chi connectivity index (χ3v) is 4.92. The van der Waals surface area contributed by atoms with Gasteiger partial charge in [0, 0.05) is 45.3 Å². The van der Waals surface area contributed by atoms with Crippen molar-refractivity contribution < 1.29 is 21.6 Å². The van der Waals surface area contributed by atoms with Crippen molar-refractivity contribution in [1.82, 2.24) is 19.8 Å². The number of piperazine rings is 1. The molecule has 1 atom stereocenters. The highest BCUT2D eigenvalue weighted by Crippen LogP contribution is 2.25. The van der Waals surface area contributed by atoms with Crippen LogP contribution < -0.4 is 10.0 Å². The first-order chi connectivity index (χ1) is 11.2. The predicted octanol–water partition coefficient (Wildman–Crippen LogP) is 0.458. The molecule has 0 aromatic carbocycles. The molecule has 0 saturated carbocycles. The van der Waals surface area contributed by atoms with Gasteiger partial charge in [-0.1, -0.05) is 0 Å². The Morgan fingerprint density at radius 1 is 1.20 bits per heavy atom. The third kappa shape index (κ3) is 7.37. The van der Waals surface area contributed by atoms with Crippen molar-refractivity contribution in [2.45, 2.75) is 38.5 Å². The van der Waals surface area contributed by atoms with Crippen LogP contribution in [0.4, 0.5) is 13.2 Å². The Kier molecular flexibility index (Phi) is 7.11. The van der Waals surface area contributed by atoms with E-state index in [4.69, 9.17) is 0 Å². The van der Waals surface area contributed by atoms with Crippen LogP contribution in [-0.4, -0.2) is 88.0 Å². The molecule has 1 saturated heterocycles. The quantitative estimate of drug-likeness (QED) is 0.529. The van der Waals surface area contributed by atoms with Crippen LogP contribution in [0.5, 0.6) is 0 Å². The largest absolute Gasteiger partial charge is 0.403 e. The lowest BCUT2D eigenvalue weighted by atomic mass is 10.1. The van der Waals surface area contributed by atoms with Gasteiger partial charge in [0.25, 0.3) is 0 Å². The molecule has 0 aromatic heterocycles. The summed E-state index contributed by atoms with van der Waals surface area (Å²) in [6.45, 7) is 6.33. The summed E-state index contributed by atoms with van der Waals surface area (Å²) in [6.07, 6.45) is -3.14. The number of hydrogen-bond acceptors (Lipinski definition) is 4. The third-order valence-electron chi connectivity index (χ3n) is 4.00. The standard InChI is InChI=1S/C14H28F3N5O2S/c1-11(14(15,16)17)21-6-8-22(9-7-21)12(18-4)19-10-13(2,3)20-25(5,23)24/h11,20H,6-10H2,1-5H3,(H,18,19). The van der Waals surface area contributed by atoms with Crippen LogP contribution in [0.15, 0.2) is 4.99 Å². The Balaban J connectivity index is 2.58. The van der Waals surface area contributed by atoms with E-state index >= 15 is 0 Å². The molecule has 11 heteroatoms. The zero-order valence-electron chi connectivity index (χ0n) is 15.3. The van der Waals surface area contributed by atoms with E-state index in [1.165, 1.54) is 11.8 Å². The van der Waals surface area contributed by atoms with E-state index in [9.17, 15) is 21.6 Å². The van der Waals surface area contributed by atoms with Crippen LogP contribution >= 0.6 is 0 Å².